The van der Waals surface area contributed by atoms with Crippen molar-refractivity contribution in [3.05, 3.63) is 29.3 Å². The summed E-state index contributed by atoms with van der Waals surface area (Å²) in [7, 11) is 0. The highest BCUT2D eigenvalue weighted by atomic mass is 32.1. The van der Waals surface area contributed by atoms with Crippen molar-refractivity contribution in [3.63, 3.8) is 0 Å². The first-order chi connectivity index (χ1) is 7.73. The van der Waals surface area contributed by atoms with Crippen molar-refractivity contribution in [2.24, 2.45) is 5.73 Å². The predicted octanol–water partition coefficient (Wildman–Crippen LogP) is 2.06. The van der Waals surface area contributed by atoms with Gasteiger partial charge in [0.1, 0.15) is 0 Å². The van der Waals surface area contributed by atoms with Crippen molar-refractivity contribution in [3.8, 4) is 0 Å². The first-order valence-corrected chi connectivity index (χ1v) is 4.64. The number of nitrogens with one attached hydrogen (secondary N) is 1. The smallest absolute Gasteiger partial charge is 0.418 e. The third-order valence-corrected chi connectivity index (χ3v) is 1.95. The number of thiocarbonyl (C=S) groups is 1. The summed E-state index contributed by atoms with van der Waals surface area (Å²) in [5.41, 5.74) is 2.73. The first kappa shape index (κ1) is 13.2. The molecule has 1 aromatic carbocycles. The van der Waals surface area contributed by atoms with E-state index in [0.717, 1.165) is 18.2 Å². The minimum Gasteiger partial charge on any atom is -0.478 e. The molecule has 0 atom stereocenters. The maximum Gasteiger partial charge on any atom is 0.418 e. The van der Waals surface area contributed by atoms with E-state index in [1.165, 1.54) is 0 Å². The van der Waals surface area contributed by atoms with Crippen LogP contribution in [0.1, 0.15) is 15.9 Å². The third-order valence-electron chi connectivity index (χ3n) is 1.85. The lowest BCUT2D eigenvalue weighted by Gasteiger charge is -2.15. The molecule has 1 aromatic rings. The largest absolute Gasteiger partial charge is 0.478 e. The van der Waals surface area contributed by atoms with Crippen LogP contribution in [0.5, 0.6) is 0 Å². The molecule has 1 rings (SSSR count). The number of hydrogen-bond acceptors (Lipinski definition) is 2. The molecule has 0 saturated carbocycles. The number of alkyl halides is 3. The molecule has 0 aliphatic carbocycles. The van der Waals surface area contributed by atoms with Crippen LogP contribution in [0.2, 0.25) is 0 Å². The summed E-state index contributed by atoms with van der Waals surface area (Å²) in [6.07, 6.45) is -4.70. The number of carbonyl (C=O) groups is 1. The van der Waals surface area contributed by atoms with Crippen molar-refractivity contribution < 1.29 is 23.1 Å². The zero-order valence-electron chi connectivity index (χ0n) is 8.21. The summed E-state index contributed by atoms with van der Waals surface area (Å²) in [5.74, 6) is -1.50. The van der Waals surface area contributed by atoms with Crippen LogP contribution < -0.4 is 11.1 Å². The number of benzene rings is 1. The van der Waals surface area contributed by atoms with E-state index in [-0.39, 0.29) is 0 Å². The van der Waals surface area contributed by atoms with Crippen LogP contribution in [-0.2, 0) is 6.18 Å². The average molecular weight is 264 g/mol. The molecule has 17 heavy (non-hydrogen) atoms. The first-order valence-electron chi connectivity index (χ1n) is 4.23. The van der Waals surface area contributed by atoms with E-state index in [1.54, 1.807) is 0 Å². The number of para-hydroxylation sites is 1. The fourth-order valence-electron chi connectivity index (χ4n) is 1.22. The van der Waals surface area contributed by atoms with Gasteiger partial charge in [0.25, 0.3) is 0 Å². The Kier molecular flexibility index (Phi) is 3.56. The van der Waals surface area contributed by atoms with Gasteiger partial charge in [0.05, 0.1) is 16.8 Å². The maximum atomic E-state index is 12.6. The van der Waals surface area contributed by atoms with Gasteiger partial charge >= 0.3 is 12.1 Å². The molecule has 0 fully saturated rings. The van der Waals surface area contributed by atoms with Gasteiger partial charge in [-0.25, -0.2) is 4.79 Å². The SMILES string of the molecule is NC(=S)Nc1c(C(=O)O)cccc1C(F)(F)F. The molecule has 0 spiro atoms. The Morgan fingerprint density at radius 2 is 2.00 bits per heavy atom. The van der Waals surface area contributed by atoms with Crippen LogP contribution in [-0.4, -0.2) is 16.2 Å². The normalized spacial score (nSPS) is 11.0. The van der Waals surface area contributed by atoms with Crippen molar-refractivity contribution in [1.82, 2.24) is 0 Å². The molecular formula is C9H7F3N2O2S. The van der Waals surface area contributed by atoms with Crippen LogP contribution in [0.15, 0.2) is 18.2 Å². The summed E-state index contributed by atoms with van der Waals surface area (Å²) >= 11 is 4.41. The van der Waals surface area contributed by atoms with Crippen molar-refractivity contribution in [2.45, 2.75) is 6.18 Å². The van der Waals surface area contributed by atoms with E-state index < -0.39 is 34.1 Å². The lowest BCUT2D eigenvalue weighted by atomic mass is 10.1. The molecule has 0 saturated heterocycles. The highest BCUT2D eigenvalue weighted by molar-refractivity contribution is 7.80. The highest BCUT2D eigenvalue weighted by Gasteiger charge is 2.35. The molecule has 0 radical (unpaired) electrons. The van der Waals surface area contributed by atoms with Crippen molar-refractivity contribution in [1.29, 1.82) is 0 Å². The summed E-state index contributed by atoms with van der Waals surface area (Å²) in [6.45, 7) is 0. The van der Waals surface area contributed by atoms with Crippen molar-refractivity contribution >= 4 is 29.0 Å². The van der Waals surface area contributed by atoms with E-state index in [1.807, 2.05) is 5.32 Å². The quantitative estimate of drug-likeness (QED) is 0.713. The molecule has 0 aliphatic heterocycles. The number of hydrogen-bond donors (Lipinski definition) is 3. The molecule has 0 unspecified atom stereocenters. The molecule has 0 aromatic heterocycles. The van der Waals surface area contributed by atoms with E-state index >= 15 is 0 Å². The predicted molar refractivity (Wildman–Crippen MR) is 58.8 cm³/mol. The van der Waals surface area contributed by atoms with Crippen LogP contribution in [0.25, 0.3) is 0 Å². The van der Waals surface area contributed by atoms with Crippen LogP contribution >= 0.6 is 12.2 Å². The summed E-state index contributed by atoms with van der Waals surface area (Å²) in [5, 5.41) is 10.4. The fraction of sp³-hybridized carbons (Fsp3) is 0.111. The summed E-state index contributed by atoms with van der Waals surface area (Å²) < 4.78 is 37.9. The average Bonchev–Trinajstić information content (AvgIpc) is 2.14. The second-order valence-electron chi connectivity index (χ2n) is 3.02. The lowest BCUT2D eigenvalue weighted by molar-refractivity contribution is -0.136. The summed E-state index contributed by atoms with van der Waals surface area (Å²) in [6, 6.07) is 2.77. The third kappa shape index (κ3) is 3.06. The van der Waals surface area contributed by atoms with E-state index in [2.05, 4.69) is 12.2 Å². The fourth-order valence-corrected chi connectivity index (χ4v) is 1.33. The van der Waals surface area contributed by atoms with Gasteiger partial charge in [-0.2, -0.15) is 13.2 Å². The van der Waals surface area contributed by atoms with Gasteiger partial charge in [-0.1, -0.05) is 6.07 Å². The van der Waals surface area contributed by atoms with Gasteiger partial charge < -0.3 is 16.2 Å². The minimum absolute atomic E-state index is 0.441. The van der Waals surface area contributed by atoms with E-state index in [9.17, 15) is 18.0 Å². The Balaban J connectivity index is 3.45. The second kappa shape index (κ2) is 4.58. The van der Waals surface area contributed by atoms with Crippen molar-refractivity contribution in [2.75, 3.05) is 5.32 Å². The van der Waals surface area contributed by atoms with Gasteiger partial charge in [-0.3, -0.25) is 0 Å². The number of carboxylic acids is 1. The maximum absolute atomic E-state index is 12.6. The number of carboxylic acid groups (broad SMARTS) is 1. The number of rotatable bonds is 2. The minimum atomic E-state index is -4.70. The Labute approximate surface area is 99.2 Å². The van der Waals surface area contributed by atoms with Crippen LogP contribution in [0.3, 0.4) is 0 Å². The van der Waals surface area contributed by atoms with Gasteiger partial charge in [0.15, 0.2) is 5.11 Å². The lowest BCUT2D eigenvalue weighted by Crippen LogP contribution is -2.23. The standard InChI is InChI=1S/C9H7F3N2O2S/c10-9(11,12)5-3-1-2-4(7(15)16)6(5)14-8(13)17/h1-3H,(H,15,16)(H3,13,14,17). The number of anilines is 1. The number of aromatic carboxylic acids is 1. The monoisotopic (exact) mass is 264 g/mol. The van der Waals surface area contributed by atoms with E-state index in [4.69, 9.17) is 10.8 Å². The van der Waals surface area contributed by atoms with Gasteiger partial charge in [0, 0.05) is 0 Å². The Morgan fingerprint density at radius 1 is 1.41 bits per heavy atom. The molecule has 0 heterocycles. The topological polar surface area (TPSA) is 75.3 Å². The van der Waals surface area contributed by atoms with Gasteiger partial charge in [-0.05, 0) is 24.4 Å². The molecule has 8 heteroatoms. The Bertz CT molecular complexity index is 474. The molecule has 92 valence electrons. The van der Waals surface area contributed by atoms with Crippen LogP contribution in [0.4, 0.5) is 18.9 Å². The second-order valence-corrected chi connectivity index (χ2v) is 3.46. The highest BCUT2D eigenvalue weighted by Crippen LogP contribution is 2.36. The molecule has 0 amide bonds. The molecule has 4 nitrogen and oxygen atoms in total. The molecule has 4 N–H and O–H groups in total. The zero-order valence-corrected chi connectivity index (χ0v) is 9.02. The Hall–Kier alpha value is -1.83. The number of halogens is 3. The van der Waals surface area contributed by atoms with Crippen LogP contribution in [0, 0.1) is 0 Å². The summed E-state index contributed by atoms with van der Waals surface area (Å²) in [4.78, 5) is 10.8. The van der Waals surface area contributed by atoms with E-state index in [0.29, 0.717) is 0 Å². The molecular weight excluding hydrogens is 257 g/mol. The van der Waals surface area contributed by atoms with Gasteiger partial charge in [-0.15, -0.1) is 0 Å². The molecule has 0 bridgehead atoms. The number of nitrogens with two attached hydrogens (primary N) is 1. The zero-order chi connectivity index (χ0) is 13.2. The van der Waals surface area contributed by atoms with Gasteiger partial charge in [0.2, 0.25) is 0 Å². The molecule has 0 aliphatic rings. The Morgan fingerprint density at radius 3 is 2.41 bits per heavy atom.